The summed E-state index contributed by atoms with van der Waals surface area (Å²) in [5.41, 5.74) is 0.973. The zero-order valence-corrected chi connectivity index (χ0v) is 14.8. The van der Waals surface area contributed by atoms with E-state index in [0.29, 0.717) is 43.2 Å². The smallest absolute Gasteiger partial charge is 0.276 e. The summed E-state index contributed by atoms with van der Waals surface area (Å²) in [6.45, 7) is 1.99. The number of carbonyl (C=O) groups excluding carboxylic acids is 2. The number of amides is 2. The van der Waals surface area contributed by atoms with E-state index in [2.05, 4.69) is 5.16 Å². The predicted octanol–water partition coefficient (Wildman–Crippen LogP) is 3.00. The van der Waals surface area contributed by atoms with Crippen molar-refractivity contribution in [3.05, 3.63) is 65.2 Å². The van der Waals surface area contributed by atoms with Gasteiger partial charge in [-0.3, -0.25) is 9.59 Å². The summed E-state index contributed by atoms with van der Waals surface area (Å²) in [6, 6.07) is 14.7. The van der Waals surface area contributed by atoms with Gasteiger partial charge in [-0.1, -0.05) is 29.4 Å². The molecular formula is C19H17N3O3S. The molecule has 132 valence electrons. The molecule has 0 spiro atoms. The minimum Gasteiger partial charge on any atom is -0.355 e. The molecule has 3 heterocycles. The van der Waals surface area contributed by atoms with Crippen LogP contribution in [0.25, 0.3) is 10.6 Å². The molecule has 0 atom stereocenters. The lowest BCUT2D eigenvalue weighted by molar-refractivity contribution is 0.0530. The largest absolute Gasteiger partial charge is 0.355 e. The van der Waals surface area contributed by atoms with Crippen LogP contribution in [0.2, 0.25) is 0 Å². The highest BCUT2D eigenvalue weighted by molar-refractivity contribution is 7.13. The van der Waals surface area contributed by atoms with E-state index >= 15 is 0 Å². The van der Waals surface area contributed by atoms with Crippen LogP contribution in [-0.2, 0) is 0 Å². The van der Waals surface area contributed by atoms with E-state index in [1.807, 2.05) is 35.7 Å². The lowest BCUT2D eigenvalue weighted by Gasteiger charge is -2.34. The number of nitrogens with zero attached hydrogens (tertiary/aromatic N) is 3. The molecule has 1 aromatic carbocycles. The maximum absolute atomic E-state index is 12.6. The van der Waals surface area contributed by atoms with Crippen LogP contribution in [-0.4, -0.2) is 52.9 Å². The second-order valence-corrected chi connectivity index (χ2v) is 6.95. The quantitative estimate of drug-likeness (QED) is 0.714. The van der Waals surface area contributed by atoms with Gasteiger partial charge in [-0.25, -0.2) is 0 Å². The van der Waals surface area contributed by atoms with Crippen LogP contribution in [0.4, 0.5) is 0 Å². The van der Waals surface area contributed by atoms with E-state index in [9.17, 15) is 9.59 Å². The zero-order valence-electron chi connectivity index (χ0n) is 14.0. The molecule has 6 nitrogen and oxygen atoms in total. The van der Waals surface area contributed by atoms with Gasteiger partial charge in [-0.15, -0.1) is 11.3 Å². The van der Waals surface area contributed by atoms with Crippen LogP contribution in [0.3, 0.4) is 0 Å². The Labute approximate surface area is 154 Å². The van der Waals surface area contributed by atoms with E-state index in [0.717, 1.165) is 4.88 Å². The number of aromatic nitrogens is 1. The fourth-order valence-electron chi connectivity index (χ4n) is 2.95. The van der Waals surface area contributed by atoms with Crippen molar-refractivity contribution >= 4 is 23.2 Å². The predicted molar refractivity (Wildman–Crippen MR) is 98.1 cm³/mol. The van der Waals surface area contributed by atoms with Gasteiger partial charge in [0, 0.05) is 37.8 Å². The van der Waals surface area contributed by atoms with Crippen molar-refractivity contribution in [2.45, 2.75) is 0 Å². The first kappa shape index (κ1) is 16.5. The molecule has 0 radical (unpaired) electrons. The molecule has 2 amide bonds. The molecule has 0 saturated carbocycles. The number of hydrogen-bond acceptors (Lipinski definition) is 5. The summed E-state index contributed by atoms with van der Waals surface area (Å²) in [6.07, 6.45) is 0. The number of benzene rings is 1. The molecular weight excluding hydrogens is 350 g/mol. The van der Waals surface area contributed by atoms with E-state index in [4.69, 9.17) is 4.52 Å². The van der Waals surface area contributed by atoms with Crippen molar-refractivity contribution in [3.63, 3.8) is 0 Å². The summed E-state index contributed by atoms with van der Waals surface area (Å²) in [5, 5.41) is 5.86. The third kappa shape index (κ3) is 3.25. The minimum atomic E-state index is -0.164. The number of hydrogen-bond donors (Lipinski definition) is 0. The molecule has 0 bridgehead atoms. The highest BCUT2D eigenvalue weighted by Gasteiger charge is 2.27. The lowest BCUT2D eigenvalue weighted by atomic mass is 10.2. The Hall–Kier alpha value is -2.93. The summed E-state index contributed by atoms with van der Waals surface area (Å²) >= 11 is 1.54. The van der Waals surface area contributed by atoms with Gasteiger partial charge in [0.25, 0.3) is 11.8 Å². The summed E-state index contributed by atoms with van der Waals surface area (Å²) in [4.78, 5) is 29.5. The highest BCUT2D eigenvalue weighted by Crippen LogP contribution is 2.25. The van der Waals surface area contributed by atoms with Crippen LogP contribution in [0, 0.1) is 0 Å². The molecule has 4 rings (SSSR count). The molecule has 3 aromatic rings. The molecule has 7 heteroatoms. The number of thiophene rings is 1. The van der Waals surface area contributed by atoms with Gasteiger partial charge < -0.3 is 14.3 Å². The van der Waals surface area contributed by atoms with E-state index in [1.54, 1.807) is 28.0 Å². The summed E-state index contributed by atoms with van der Waals surface area (Å²) < 4.78 is 5.29. The molecule has 1 fully saturated rings. The molecule has 2 aromatic heterocycles. The van der Waals surface area contributed by atoms with E-state index < -0.39 is 0 Å². The Morgan fingerprint density at radius 1 is 0.923 bits per heavy atom. The average Bonchev–Trinajstić information content (AvgIpc) is 3.39. The second kappa shape index (κ2) is 7.13. The molecule has 0 aliphatic carbocycles. The molecule has 26 heavy (non-hydrogen) atoms. The lowest BCUT2D eigenvalue weighted by Crippen LogP contribution is -2.50. The Balaban J connectivity index is 1.39. The monoisotopic (exact) mass is 367 g/mol. The number of carbonyl (C=O) groups is 2. The Kier molecular flexibility index (Phi) is 4.53. The first-order valence-electron chi connectivity index (χ1n) is 8.36. The fourth-order valence-corrected chi connectivity index (χ4v) is 3.62. The molecule has 0 unspecified atom stereocenters. The van der Waals surface area contributed by atoms with Crippen molar-refractivity contribution in [2.75, 3.05) is 26.2 Å². The number of rotatable bonds is 3. The highest BCUT2D eigenvalue weighted by atomic mass is 32.1. The third-order valence-electron chi connectivity index (χ3n) is 4.37. The minimum absolute atomic E-state index is 0.000818. The average molecular weight is 367 g/mol. The normalized spacial score (nSPS) is 14.5. The van der Waals surface area contributed by atoms with Crippen molar-refractivity contribution in [3.8, 4) is 10.6 Å². The summed E-state index contributed by atoms with van der Waals surface area (Å²) in [7, 11) is 0. The van der Waals surface area contributed by atoms with Gasteiger partial charge in [0.05, 0.1) is 4.88 Å². The van der Waals surface area contributed by atoms with Gasteiger partial charge in [0.2, 0.25) is 0 Å². The van der Waals surface area contributed by atoms with E-state index in [1.165, 1.54) is 11.3 Å². The maximum atomic E-state index is 12.6. The van der Waals surface area contributed by atoms with Crippen LogP contribution in [0.5, 0.6) is 0 Å². The Bertz CT molecular complexity index is 897. The zero-order chi connectivity index (χ0) is 17.9. The molecule has 1 saturated heterocycles. The van der Waals surface area contributed by atoms with Crippen molar-refractivity contribution in [2.24, 2.45) is 0 Å². The molecule has 1 aliphatic rings. The first-order chi connectivity index (χ1) is 12.7. The van der Waals surface area contributed by atoms with Gasteiger partial charge in [0.15, 0.2) is 11.5 Å². The topological polar surface area (TPSA) is 66.7 Å². The maximum Gasteiger partial charge on any atom is 0.276 e. The Morgan fingerprint density at radius 2 is 1.62 bits per heavy atom. The standard InChI is InChI=1S/C19H17N3O3S/c23-18(14-5-2-1-3-6-14)21-8-10-22(11-9-21)19(24)15-13-16(25-20-15)17-7-4-12-26-17/h1-7,12-13H,8-11H2. The van der Waals surface area contributed by atoms with Gasteiger partial charge in [-0.05, 0) is 23.6 Å². The van der Waals surface area contributed by atoms with Crippen LogP contribution < -0.4 is 0 Å². The van der Waals surface area contributed by atoms with Crippen molar-refractivity contribution in [1.82, 2.24) is 15.0 Å². The van der Waals surface area contributed by atoms with Gasteiger partial charge >= 0.3 is 0 Å². The second-order valence-electron chi connectivity index (χ2n) is 6.00. The van der Waals surface area contributed by atoms with Crippen LogP contribution in [0.1, 0.15) is 20.8 Å². The SMILES string of the molecule is O=C(c1ccccc1)N1CCN(C(=O)c2cc(-c3cccs3)on2)CC1. The van der Waals surface area contributed by atoms with Crippen LogP contribution in [0.15, 0.2) is 58.4 Å². The van der Waals surface area contributed by atoms with E-state index in [-0.39, 0.29) is 11.8 Å². The van der Waals surface area contributed by atoms with Crippen molar-refractivity contribution < 1.29 is 14.1 Å². The first-order valence-corrected chi connectivity index (χ1v) is 9.24. The Morgan fingerprint density at radius 3 is 2.27 bits per heavy atom. The van der Waals surface area contributed by atoms with Gasteiger partial charge in [0.1, 0.15) is 0 Å². The van der Waals surface area contributed by atoms with Crippen molar-refractivity contribution in [1.29, 1.82) is 0 Å². The third-order valence-corrected chi connectivity index (χ3v) is 5.25. The molecule has 1 aliphatic heterocycles. The van der Waals surface area contributed by atoms with Crippen LogP contribution >= 0.6 is 11.3 Å². The number of piperazine rings is 1. The summed E-state index contributed by atoms with van der Waals surface area (Å²) in [5.74, 6) is 0.434. The fraction of sp³-hybridized carbons (Fsp3) is 0.211. The van der Waals surface area contributed by atoms with Gasteiger partial charge in [-0.2, -0.15) is 0 Å². The molecule has 0 N–H and O–H groups in total.